The standard InChI is InChI=1S/C18H32N4O6S/c1-4-9(2)13(19)17(26)22-7-5-6-12(22)16(25)20-11(8-29)15(24)21-14(10(3)23)18(27)28/h9-14,23,29H,4-8,19H2,1-3H3,(H,20,25)(H,21,24)(H,27,28). The monoisotopic (exact) mass is 432 g/mol. The largest absolute Gasteiger partial charge is 0.480 e. The zero-order valence-corrected chi connectivity index (χ0v) is 17.9. The number of hydrogen-bond acceptors (Lipinski definition) is 7. The number of likely N-dealkylation sites (tertiary alicyclic amines) is 1. The molecule has 6 N–H and O–H groups in total. The summed E-state index contributed by atoms with van der Waals surface area (Å²) in [7, 11) is 0. The summed E-state index contributed by atoms with van der Waals surface area (Å²) >= 11 is 4.05. The van der Waals surface area contributed by atoms with Crippen LogP contribution >= 0.6 is 12.6 Å². The van der Waals surface area contributed by atoms with Crippen molar-refractivity contribution in [2.24, 2.45) is 11.7 Å². The van der Waals surface area contributed by atoms with Crippen LogP contribution in [0.2, 0.25) is 0 Å². The average molecular weight is 433 g/mol. The van der Waals surface area contributed by atoms with Gasteiger partial charge in [0.05, 0.1) is 12.1 Å². The van der Waals surface area contributed by atoms with Gasteiger partial charge in [-0.25, -0.2) is 4.79 Å². The van der Waals surface area contributed by atoms with Gasteiger partial charge < -0.3 is 31.5 Å². The lowest BCUT2D eigenvalue weighted by Gasteiger charge is -2.30. The Balaban J connectivity index is 2.81. The molecule has 29 heavy (non-hydrogen) atoms. The third kappa shape index (κ3) is 6.58. The van der Waals surface area contributed by atoms with Crippen LogP contribution < -0.4 is 16.4 Å². The summed E-state index contributed by atoms with van der Waals surface area (Å²) in [5, 5.41) is 23.3. The van der Waals surface area contributed by atoms with Crippen LogP contribution in [0.25, 0.3) is 0 Å². The van der Waals surface area contributed by atoms with Crippen LogP contribution in [0, 0.1) is 5.92 Å². The molecule has 1 rings (SSSR count). The number of rotatable bonds is 10. The van der Waals surface area contributed by atoms with E-state index in [-0.39, 0.29) is 17.6 Å². The number of nitrogens with one attached hydrogen (secondary N) is 2. The van der Waals surface area contributed by atoms with E-state index >= 15 is 0 Å². The maximum Gasteiger partial charge on any atom is 0.328 e. The topological polar surface area (TPSA) is 162 Å². The molecule has 0 radical (unpaired) electrons. The van der Waals surface area contributed by atoms with E-state index < -0.39 is 48.1 Å². The van der Waals surface area contributed by atoms with Crippen LogP contribution in [0.5, 0.6) is 0 Å². The van der Waals surface area contributed by atoms with Gasteiger partial charge in [-0.3, -0.25) is 14.4 Å². The molecule has 0 bridgehead atoms. The van der Waals surface area contributed by atoms with Crippen LogP contribution in [0.15, 0.2) is 0 Å². The first-order valence-electron chi connectivity index (χ1n) is 9.73. The van der Waals surface area contributed by atoms with Gasteiger partial charge in [-0.2, -0.15) is 12.6 Å². The Hall–Kier alpha value is -1.85. The molecule has 10 nitrogen and oxygen atoms in total. The number of carbonyl (C=O) groups excluding carboxylic acids is 3. The second-order valence-corrected chi connectivity index (χ2v) is 7.77. The molecule has 1 aliphatic heterocycles. The molecule has 1 saturated heterocycles. The fourth-order valence-electron chi connectivity index (χ4n) is 3.10. The Bertz CT molecular complexity index is 617. The molecule has 0 aromatic heterocycles. The highest BCUT2D eigenvalue weighted by Gasteiger charge is 2.38. The van der Waals surface area contributed by atoms with Crippen molar-refractivity contribution >= 4 is 36.3 Å². The zero-order chi connectivity index (χ0) is 22.3. The zero-order valence-electron chi connectivity index (χ0n) is 17.0. The number of hydrogen-bond donors (Lipinski definition) is 6. The Morgan fingerprint density at radius 3 is 2.34 bits per heavy atom. The van der Waals surface area contributed by atoms with E-state index in [2.05, 4.69) is 23.3 Å². The molecule has 0 saturated carbocycles. The second kappa shape index (κ2) is 11.4. The van der Waals surface area contributed by atoms with Crippen molar-refractivity contribution in [2.45, 2.75) is 70.3 Å². The lowest BCUT2D eigenvalue weighted by Crippen LogP contribution is -2.58. The number of carboxylic acid groups (broad SMARTS) is 1. The molecule has 1 fully saturated rings. The van der Waals surface area contributed by atoms with Crippen molar-refractivity contribution in [1.29, 1.82) is 0 Å². The second-order valence-electron chi connectivity index (χ2n) is 7.41. The molecule has 166 valence electrons. The van der Waals surface area contributed by atoms with Crippen LogP contribution in [0.4, 0.5) is 0 Å². The Labute approximate surface area is 176 Å². The minimum Gasteiger partial charge on any atom is -0.480 e. The predicted molar refractivity (Wildman–Crippen MR) is 109 cm³/mol. The molecule has 11 heteroatoms. The highest BCUT2D eigenvalue weighted by Crippen LogP contribution is 2.20. The SMILES string of the molecule is CCC(C)C(N)C(=O)N1CCCC1C(=O)NC(CS)C(=O)NC(C(=O)O)C(C)O. The van der Waals surface area contributed by atoms with E-state index in [0.29, 0.717) is 19.4 Å². The number of aliphatic hydroxyl groups is 1. The summed E-state index contributed by atoms with van der Waals surface area (Å²) in [6.07, 6.45) is 0.487. The summed E-state index contributed by atoms with van der Waals surface area (Å²) in [5.74, 6) is -3.12. The van der Waals surface area contributed by atoms with Gasteiger partial charge in [0.15, 0.2) is 6.04 Å². The van der Waals surface area contributed by atoms with Crippen molar-refractivity contribution in [3.05, 3.63) is 0 Å². The lowest BCUT2D eigenvalue weighted by molar-refractivity contribution is -0.145. The van der Waals surface area contributed by atoms with Gasteiger partial charge in [0.1, 0.15) is 12.1 Å². The first-order valence-corrected chi connectivity index (χ1v) is 10.4. The molecular formula is C18H32N4O6S. The number of nitrogens with two attached hydrogens (primary N) is 1. The summed E-state index contributed by atoms with van der Waals surface area (Å²) in [6.45, 7) is 5.44. The van der Waals surface area contributed by atoms with E-state index in [0.717, 1.165) is 6.42 Å². The van der Waals surface area contributed by atoms with E-state index in [1.807, 2.05) is 13.8 Å². The minimum atomic E-state index is -1.51. The van der Waals surface area contributed by atoms with E-state index in [9.17, 15) is 24.3 Å². The van der Waals surface area contributed by atoms with E-state index in [4.69, 9.17) is 10.8 Å². The first-order chi connectivity index (χ1) is 13.5. The molecule has 3 amide bonds. The molecule has 6 unspecified atom stereocenters. The highest BCUT2D eigenvalue weighted by atomic mass is 32.1. The van der Waals surface area contributed by atoms with E-state index in [1.165, 1.54) is 11.8 Å². The van der Waals surface area contributed by atoms with Gasteiger partial charge in [-0.1, -0.05) is 20.3 Å². The maximum atomic E-state index is 12.7. The summed E-state index contributed by atoms with van der Waals surface area (Å²) in [4.78, 5) is 50.3. The molecule has 0 spiro atoms. The van der Waals surface area contributed by atoms with Crippen LogP contribution in [-0.4, -0.2) is 81.4 Å². The fourth-order valence-corrected chi connectivity index (χ4v) is 3.35. The Morgan fingerprint density at radius 2 is 1.86 bits per heavy atom. The summed E-state index contributed by atoms with van der Waals surface area (Å²) in [6, 6.07) is -4.09. The smallest absolute Gasteiger partial charge is 0.328 e. The van der Waals surface area contributed by atoms with E-state index in [1.54, 1.807) is 0 Å². The maximum absolute atomic E-state index is 12.7. The lowest BCUT2D eigenvalue weighted by atomic mass is 9.98. The van der Waals surface area contributed by atoms with Gasteiger partial charge in [0.2, 0.25) is 17.7 Å². The van der Waals surface area contributed by atoms with Crippen molar-refractivity contribution in [3.63, 3.8) is 0 Å². The number of carboxylic acids is 1. The summed E-state index contributed by atoms with van der Waals surface area (Å²) in [5.41, 5.74) is 6.02. The van der Waals surface area contributed by atoms with Crippen molar-refractivity contribution < 1.29 is 29.4 Å². The molecule has 0 aromatic rings. The van der Waals surface area contributed by atoms with Crippen molar-refractivity contribution in [2.75, 3.05) is 12.3 Å². The Morgan fingerprint density at radius 1 is 1.24 bits per heavy atom. The van der Waals surface area contributed by atoms with Gasteiger partial charge in [-0.15, -0.1) is 0 Å². The molecule has 0 aliphatic carbocycles. The van der Waals surface area contributed by atoms with Crippen LogP contribution in [0.1, 0.15) is 40.0 Å². The Kier molecular flexibility index (Phi) is 9.87. The van der Waals surface area contributed by atoms with Crippen LogP contribution in [-0.2, 0) is 19.2 Å². The summed E-state index contributed by atoms with van der Waals surface area (Å²) < 4.78 is 0. The molecule has 0 aromatic carbocycles. The van der Waals surface area contributed by atoms with Gasteiger partial charge in [0, 0.05) is 12.3 Å². The quantitative estimate of drug-likeness (QED) is 0.234. The van der Waals surface area contributed by atoms with Gasteiger partial charge in [0.25, 0.3) is 0 Å². The third-order valence-corrected chi connectivity index (χ3v) is 5.61. The average Bonchev–Trinajstić information content (AvgIpc) is 3.17. The predicted octanol–water partition coefficient (Wildman–Crippen LogP) is -1.28. The first kappa shape index (κ1) is 25.2. The van der Waals surface area contributed by atoms with Crippen LogP contribution in [0.3, 0.4) is 0 Å². The van der Waals surface area contributed by atoms with Gasteiger partial charge in [-0.05, 0) is 25.7 Å². The normalized spacial score (nSPS) is 21.6. The van der Waals surface area contributed by atoms with Crippen molar-refractivity contribution in [1.82, 2.24) is 15.5 Å². The number of carbonyl (C=O) groups is 4. The number of aliphatic hydroxyl groups excluding tert-OH is 1. The minimum absolute atomic E-state index is 0.0313. The number of nitrogens with zero attached hydrogens (tertiary/aromatic N) is 1. The molecule has 6 atom stereocenters. The molecule has 1 aliphatic rings. The van der Waals surface area contributed by atoms with Gasteiger partial charge >= 0.3 is 5.97 Å². The fraction of sp³-hybridized carbons (Fsp3) is 0.778. The van der Waals surface area contributed by atoms with Crippen molar-refractivity contribution in [3.8, 4) is 0 Å². The number of thiol groups is 1. The molecule has 1 heterocycles. The number of aliphatic carboxylic acids is 1. The molecular weight excluding hydrogens is 400 g/mol. The number of amides is 3. The third-order valence-electron chi connectivity index (χ3n) is 5.24. The highest BCUT2D eigenvalue weighted by molar-refractivity contribution is 7.80.